The fourth-order valence-corrected chi connectivity index (χ4v) is 0.966. The molecule has 0 bridgehead atoms. The van der Waals surface area contributed by atoms with Crippen molar-refractivity contribution in [3.63, 3.8) is 0 Å². The van der Waals surface area contributed by atoms with Gasteiger partial charge in [-0.25, -0.2) is 0 Å². The van der Waals surface area contributed by atoms with Gasteiger partial charge in [0.1, 0.15) is 6.61 Å². The summed E-state index contributed by atoms with van der Waals surface area (Å²) in [5.41, 5.74) is 0. The van der Waals surface area contributed by atoms with E-state index in [9.17, 15) is 8.42 Å². The van der Waals surface area contributed by atoms with Gasteiger partial charge in [-0.15, -0.1) is 6.42 Å². The van der Waals surface area contributed by atoms with Crippen LogP contribution in [-0.2, 0) is 23.8 Å². The topological polar surface area (TPSA) is 61.8 Å². The van der Waals surface area contributed by atoms with Crippen LogP contribution in [0.25, 0.3) is 0 Å². The summed E-state index contributed by atoms with van der Waals surface area (Å²) in [6.45, 7) is 1.25. The fourth-order valence-electron chi connectivity index (χ4n) is 0.595. The maximum absolute atomic E-state index is 10.5. The van der Waals surface area contributed by atoms with Gasteiger partial charge in [0.05, 0.1) is 32.7 Å². The van der Waals surface area contributed by atoms with Crippen LogP contribution in [0.15, 0.2) is 0 Å². The highest BCUT2D eigenvalue weighted by Crippen LogP contribution is 1.86. The minimum Gasteiger partial charge on any atom is -0.377 e. The van der Waals surface area contributed by atoms with Crippen LogP contribution in [0.1, 0.15) is 0 Å². The van der Waals surface area contributed by atoms with Gasteiger partial charge in [-0.2, -0.15) is 8.42 Å². The molecule has 0 heterocycles. The molecular weight excluding hydrogens is 208 g/mol. The Labute approximate surface area is 84.5 Å². The molecule has 0 spiro atoms. The third kappa shape index (κ3) is 11.4. The molecule has 0 aromatic heterocycles. The zero-order chi connectivity index (χ0) is 10.9. The average molecular weight is 222 g/mol. The number of ether oxygens (including phenoxy) is 2. The molecular formula is C8H14O5S. The molecule has 82 valence electrons. The van der Waals surface area contributed by atoms with Gasteiger partial charge in [0.2, 0.25) is 0 Å². The van der Waals surface area contributed by atoms with Crippen LogP contribution in [0.4, 0.5) is 0 Å². The van der Waals surface area contributed by atoms with Crippen LogP contribution < -0.4 is 0 Å². The Morgan fingerprint density at radius 1 is 1.14 bits per heavy atom. The summed E-state index contributed by atoms with van der Waals surface area (Å²) in [6.07, 6.45) is 5.93. The average Bonchev–Trinajstić information content (AvgIpc) is 2.08. The molecule has 0 aliphatic carbocycles. The predicted octanol–water partition coefficient (Wildman–Crippen LogP) is -0.371. The number of terminal acetylenes is 1. The highest BCUT2D eigenvalue weighted by molar-refractivity contribution is 7.85. The highest BCUT2D eigenvalue weighted by Gasteiger charge is 1.99. The van der Waals surface area contributed by atoms with Crippen molar-refractivity contribution in [3.05, 3.63) is 0 Å². The Kier molecular flexibility index (Phi) is 7.42. The normalized spacial score (nSPS) is 11.1. The molecule has 0 amide bonds. The second-order valence-corrected chi connectivity index (χ2v) is 4.04. The second kappa shape index (κ2) is 7.76. The molecule has 0 N–H and O–H groups in total. The molecule has 0 radical (unpaired) electrons. The Morgan fingerprint density at radius 3 is 2.29 bits per heavy atom. The quantitative estimate of drug-likeness (QED) is 0.318. The number of hydrogen-bond donors (Lipinski definition) is 0. The van der Waals surface area contributed by atoms with Crippen LogP contribution >= 0.6 is 0 Å². The second-order valence-electron chi connectivity index (χ2n) is 2.40. The van der Waals surface area contributed by atoms with E-state index < -0.39 is 10.1 Å². The molecule has 0 saturated heterocycles. The molecule has 0 saturated carbocycles. The van der Waals surface area contributed by atoms with E-state index in [0.717, 1.165) is 6.26 Å². The monoisotopic (exact) mass is 222 g/mol. The van der Waals surface area contributed by atoms with Crippen LogP contribution in [0.5, 0.6) is 0 Å². The van der Waals surface area contributed by atoms with Crippen molar-refractivity contribution in [2.75, 3.05) is 39.3 Å². The first-order valence-corrected chi connectivity index (χ1v) is 5.81. The van der Waals surface area contributed by atoms with Gasteiger partial charge in [-0.1, -0.05) is 5.92 Å². The van der Waals surface area contributed by atoms with Gasteiger partial charge in [0, 0.05) is 0 Å². The van der Waals surface area contributed by atoms with Crippen molar-refractivity contribution < 1.29 is 22.1 Å². The minimum atomic E-state index is -3.36. The zero-order valence-corrected chi connectivity index (χ0v) is 8.88. The fraction of sp³-hybridized carbons (Fsp3) is 0.750. The molecule has 0 atom stereocenters. The van der Waals surface area contributed by atoms with E-state index in [1.165, 1.54) is 0 Å². The van der Waals surface area contributed by atoms with Crippen molar-refractivity contribution in [2.45, 2.75) is 0 Å². The van der Waals surface area contributed by atoms with Gasteiger partial charge >= 0.3 is 0 Å². The lowest BCUT2D eigenvalue weighted by molar-refractivity contribution is 0.0473. The molecule has 0 rings (SSSR count). The minimum absolute atomic E-state index is 0.0218. The SMILES string of the molecule is C#CCOCCOCCOS(C)(=O)=O. The summed E-state index contributed by atoms with van der Waals surface area (Å²) < 4.78 is 35.3. The molecule has 6 heteroatoms. The molecule has 0 aliphatic rings. The maximum atomic E-state index is 10.5. The third-order valence-corrected chi connectivity index (χ3v) is 1.68. The lowest BCUT2D eigenvalue weighted by Crippen LogP contribution is -2.12. The first-order chi connectivity index (χ1) is 6.56. The van der Waals surface area contributed by atoms with E-state index in [1.807, 2.05) is 0 Å². The zero-order valence-electron chi connectivity index (χ0n) is 8.06. The van der Waals surface area contributed by atoms with E-state index in [1.54, 1.807) is 0 Å². The van der Waals surface area contributed by atoms with E-state index in [-0.39, 0.29) is 19.8 Å². The van der Waals surface area contributed by atoms with Crippen molar-refractivity contribution >= 4 is 10.1 Å². The standard InChI is InChI=1S/C8H14O5S/c1-3-4-11-5-6-12-7-8-13-14(2,9)10/h1H,4-8H2,2H3. The van der Waals surface area contributed by atoms with Crippen LogP contribution in [-0.4, -0.2) is 47.7 Å². The van der Waals surface area contributed by atoms with E-state index in [4.69, 9.17) is 15.9 Å². The van der Waals surface area contributed by atoms with Crippen molar-refractivity contribution in [2.24, 2.45) is 0 Å². The first-order valence-electron chi connectivity index (χ1n) is 3.99. The summed E-state index contributed by atoms with van der Waals surface area (Å²) >= 11 is 0. The Bertz CT molecular complexity index is 264. The molecule has 0 aromatic carbocycles. The van der Waals surface area contributed by atoms with Gasteiger partial charge in [-0.3, -0.25) is 4.18 Å². The third-order valence-electron chi connectivity index (χ3n) is 1.08. The summed E-state index contributed by atoms with van der Waals surface area (Å²) in [4.78, 5) is 0. The molecule has 0 fully saturated rings. The van der Waals surface area contributed by atoms with E-state index in [0.29, 0.717) is 13.2 Å². The smallest absolute Gasteiger partial charge is 0.264 e. The lowest BCUT2D eigenvalue weighted by atomic mass is 10.7. The largest absolute Gasteiger partial charge is 0.377 e. The van der Waals surface area contributed by atoms with Crippen LogP contribution in [0, 0.1) is 12.3 Å². The Morgan fingerprint density at radius 2 is 1.71 bits per heavy atom. The molecule has 0 aliphatic heterocycles. The maximum Gasteiger partial charge on any atom is 0.264 e. The summed E-state index contributed by atoms with van der Waals surface area (Å²) in [7, 11) is -3.36. The summed E-state index contributed by atoms with van der Waals surface area (Å²) in [5, 5.41) is 0. The number of hydrogen-bond acceptors (Lipinski definition) is 5. The Balaban J connectivity index is 3.12. The molecule has 0 unspecified atom stereocenters. The molecule has 5 nitrogen and oxygen atoms in total. The van der Waals surface area contributed by atoms with Gasteiger partial charge in [0.15, 0.2) is 0 Å². The molecule has 14 heavy (non-hydrogen) atoms. The van der Waals surface area contributed by atoms with Crippen molar-refractivity contribution in [3.8, 4) is 12.3 Å². The van der Waals surface area contributed by atoms with E-state index >= 15 is 0 Å². The predicted molar refractivity (Wildman–Crippen MR) is 51.3 cm³/mol. The van der Waals surface area contributed by atoms with Gasteiger partial charge in [0.25, 0.3) is 10.1 Å². The van der Waals surface area contributed by atoms with Crippen LogP contribution in [0.3, 0.4) is 0 Å². The molecule has 0 aromatic rings. The summed E-state index contributed by atoms with van der Waals surface area (Å²) in [6, 6.07) is 0. The number of rotatable bonds is 8. The van der Waals surface area contributed by atoms with Crippen molar-refractivity contribution in [1.82, 2.24) is 0 Å². The van der Waals surface area contributed by atoms with Crippen molar-refractivity contribution in [1.29, 1.82) is 0 Å². The van der Waals surface area contributed by atoms with Gasteiger partial charge < -0.3 is 9.47 Å². The lowest BCUT2D eigenvalue weighted by Gasteiger charge is -2.03. The van der Waals surface area contributed by atoms with Gasteiger partial charge in [-0.05, 0) is 0 Å². The summed E-state index contributed by atoms with van der Waals surface area (Å²) in [5.74, 6) is 2.31. The Hall–Kier alpha value is -0.610. The highest BCUT2D eigenvalue weighted by atomic mass is 32.2. The first kappa shape index (κ1) is 13.4. The van der Waals surface area contributed by atoms with E-state index in [2.05, 4.69) is 10.1 Å². The van der Waals surface area contributed by atoms with Crippen LogP contribution in [0.2, 0.25) is 0 Å².